The van der Waals surface area contributed by atoms with Crippen molar-refractivity contribution in [1.82, 2.24) is 9.13 Å². The summed E-state index contributed by atoms with van der Waals surface area (Å²) < 4.78 is 2.07. The number of carboxylic acids is 2. The van der Waals surface area contributed by atoms with Crippen molar-refractivity contribution in [2.45, 2.75) is 25.9 Å². The van der Waals surface area contributed by atoms with E-state index < -0.39 is 45.0 Å². The molecule has 1 unspecified atom stereocenters. The Morgan fingerprint density at radius 1 is 0.684 bits per heavy atom. The van der Waals surface area contributed by atoms with Crippen molar-refractivity contribution in [2.75, 3.05) is 0 Å². The lowest BCUT2D eigenvalue weighted by Crippen LogP contribution is -2.27. The molecule has 0 spiro atoms. The molecular weight excluding hydrogens is 504 g/mol. The average molecular weight is 524 g/mol. The van der Waals surface area contributed by atoms with Crippen LogP contribution in [-0.4, -0.2) is 41.1 Å². The molecule has 0 aliphatic carbocycles. The van der Waals surface area contributed by atoms with E-state index in [-0.39, 0.29) is 32.9 Å². The number of fused-ring (bicyclic) bond motifs is 2. The number of benzene rings is 2. The number of rotatable bonds is 6. The molecule has 2 atom stereocenters. The van der Waals surface area contributed by atoms with Gasteiger partial charge in [0, 0.05) is 24.5 Å². The fourth-order valence-electron chi connectivity index (χ4n) is 3.72. The normalized spacial score (nSPS) is 12.3. The molecule has 0 fully saturated rings. The average Bonchev–Trinajstić information content (AvgIpc) is 2.88. The number of carboxylic acid groups (broad SMARTS) is 2. The van der Waals surface area contributed by atoms with Crippen LogP contribution in [0, 0.1) is 20.2 Å². The van der Waals surface area contributed by atoms with Crippen LogP contribution in [0.2, 0.25) is 0 Å². The van der Waals surface area contributed by atoms with Crippen molar-refractivity contribution in [3.05, 3.63) is 102 Å². The van der Waals surface area contributed by atoms with Gasteiger partial charge < -0.3 is 19.3 Å². The number of hydrogen-bond acceptors (Lipinski definition) is 8. The molecule has 2 heterocycles. The summed E-state index contributed by atoms with van der Waals surface area (Å²) >= 11 is 0. The zero-order valence-corrected chi connectivity index (χ0v) is 19.9. The van der Waals surface area contributed by atoms with Gasteiger partial charge in [-0.25, -0.2) is 9.59 Å². The van der Waals surface area contributed by atoms with Crippen LogP contribution in [-0.2, 0) is 9.59 Å². The van der Waals surface area contributed by atoms with E-state index in [0.29, 0.717) is 0 Å². The minimum atomic E-state index is -1.15. The molecule has 4 aromatic rings. The zero-order valence-electron chi connectivity index (χ0n) is 19.9. The van der Waals surface area contributed by atoms with Crippen molar-refractivity contribution >= 4 is 44.9 Å². The first-order chi connectivity index (χ1) is 17.9. The Balaban J connectivity index is 0.000000211. The van der Waals surface area contributed by atoms with Crippen LogP contribution in [0.1, 0.15) is 25.9 Å². The van der Waals surface area contributed by atoms with Gasteiger partial charge in [0.05, 0.1) is 31.4 Å². The Morgan fingerprint density at radius 2 is 1.03 bits per heavy atom. The Labute approximate surface area is 211 Å². The van der Waals surface area contributed by atoms with Crippen LogP contribution in [0.3, 0.4) is 0 Å². The van der Waals surface area contributed by atoms with Crippen molar-refractivity contribution in [2.24, 2.45) is 0 Å². The van der Waals surface area contributed by atoms with E-state index in [0.717, 1.165) is 9.13 Å². The van der Waals surface area contributed by atoms with Gasteiger partial charge in [-0.05, 0) is 38.1 Å². The highest BCUT2D eigenvalue weighted by Gasteiger charge is 2.20. The Kier molecular flexibility index (Phi) is 7.65. The van der Waals surface area contributed by atoms with Crippen molar-refractivity contribution in [3.8, 4) is 0 Å². The van der Waals surface area contributed by atoms with E-state index in [9.17, 15) is 39.4 Å². The quantitative estimate of drug-likeness (QED) is 0.278. The highest BCUT2D eigenvalue weighted by molar-refractivity contribution is 5.91. The number of aromatic nitrogens is 2. The molecule has 38 heavy (non-hydrogen) atoms. The number of pyridine rings is 2. The predicted molar refractivity (Wildman–Crippen MR) is 134 cm³/mol. The first-order valence-corrected chi connectivity index (χ1v) is 10.9. The number of carbonyl (C=O) groups is 2. The summed E-state index contributed by atoms with van der Waals surface area (Å²) in [6.45, 7) is 2.74. The topological polar surface area (TPSA) is 205 Å². The molecule has 0 saturated heterocycles. The van der Waals surface area contributed by atoms with Gasteiger partial charge in [0.25, 0.3) is 22.5 Å². The van der Waals surface area contributed by atoms with E-state index in [1.165, 1.54) is 74.8 Å². The molecule has 2 N–H and O–H groups in total. The molecular formula is C24H20N4O10. The molecule has 0 bridgehead atoms. The van der Waals surface area contributed by atoms with Crippen molar-refractivity contribution in [1.29, 1.82) is 0 Å². The monoisotopic (exact) mass is 524 g/mol. The van der Waals surface area contributed by atoms with E-state index in [4.69, 9.17) is 10.2 Å². The SMILES string of the molecule is CC(C(=O)O)n1ccc2c([N+](=O)[O-])cccc2c1=O.C[C@H](C(=O)O)n1ccc2c([N+](=O)[O-])cccc2c1=O. The zero-order chi connectivity index (χ0) is 28.3. The first-order valence-electron chi connectivity index (χ1n) is 10.9. The fraction of sp³-hybridized carbons (Fsp3) is 0.167. The van der Waals surface area contributed by atoms with Gasteiger partial charge in [-0.1, -0.05) is 12.1 Å². The lowest BCUT2D eigenvalue weighted by Gasteiger charge is -2.11. The van der Waals surface area contributed by atoms with Gasteiger partial charge >= 0.3 is 11.9 Å². The number of nitro groups is 2. The minimum Gasteiger partial charge on any atom is -0.480 e. The number of hydrogen-bond donors (Lipinski definition) is 2. The third-order valence-electron chi connectivity index (χ3n) is 5.84. The molecule has 2 aromatic carbocycles. The lowest BCUT2D eigenvalue weighted by molar-refractivity contribution is -0.383. The molecule has 0 saturated carbocycles. The second-order valence-electron chi connectivity index (χ2n) is 8.08. The van der Waals surface area contributed by atoms with Crippen LogP contribution in [0.15, 0.2) is 70.5 Å². The second kappa shape index (κ2) is 10.7. The molecule has 0 amide bonds. The van der Waals surface area contributed by atoms with Crippen LogP contribution in [0.4, 0.5) is 11.4 Å². The number of non-ortho nitro benzene ring substituents is 2. The Morgan fingerprint density at radius 3 is 1.32 bits per heavy atom. The van der Waals surface area contributed by atoms with Gasteiger partial charge in [0.15, 0.2) is 0 Å². The predicted octanol–water partition coefficient (Wildman–Crippen LogP) is 3.11. The number of nitro benzene ring substituents is 2. The van der Waals surface area contributed by atoms with Gasteiger partial charge in [-0.2, -0.15) is 0 Å². The number of aliphatic carboxylic acids is 2. The largest absolute Gasteiger partial charge is 0.480 e. The minimum absolute atomic E-state index is 0.129. The molecule has 14 heteroatoms. The maximum atomic E-state index is 12.1. The van der Waals surface area contributed by atoms with Gasteiger partial charge in [-0.3, -0.25) is 29.8 Å². The summed E-state index contributed by atoms with van der Waals surface area (Å²) in [4.78, 5) is 66.6. The standard InChI is InChI=1S/2C12H10N2O5/c2*1-7(12(16)17)13-6-5-8-9(11(13)15)3-2-4-10(8)14(18)19/h2*2-7H,1H3,(H,16,17)/t7-;/m1./s1. The molecule has 0 aliphatic heterocycles. The maximum Gasteiger partial charge on any atom is 0.326 e. The summed E-state index contributed by atoms with van der Waals surface area (Å²) in [5, 5.41) is 40.2. The van der Waals surface area contributed by atoms with Crippen LogP contribution >= 0.6 is 0 Å². The molecule has 4 rings (SSSR count). The van der Waals surface area contributed by atoms with Gasteiger partial charge in [0.2, 0.25) is 0 Å². The van der Waals surface area contributed by atoms with E-state index >= 15 is 0 Å². The van der Waals surface area contributed by atoms with Gasteiger partial charge in [0.1, 0.15) is 12.1 Å². The summed E-state index contributed by atoms with van der Waals surface area (Å²) in [7, 11) is 0. The summed E-state index contributed by atoms with van der Waals surface area (Å²) in [6, 6.07) is 8.98. The third-order valence-corrected chi connectivity index (χ3v) is 5.84. The van der Waals surface area contributed by atoms with Crippen LogP contribution < -0.4 is 11.1 Å². The molecule has 2 aromatic heterocycles. The van der Waals surface area contributed by atoms with Crippen LogP contribution in [0.5, 0.6) is 0 Å². The van der Waals surface area contributed by atoms with E-state index in [2.05, 4.69) is 0 Å². The van der Waals surface area contributed by atoms with Crippen molar-refractivity contribution in [3.63, 3.8) is 0 Å². The van der Waals surface area contributed by atoms with Crippen molar-refractivity contribution < 1.29 is 29.6 Å². The molecule has 14 nitrogen and oxygen atoms in total. The number of nitrogens with zero attached hydrogens (tertiary/aromatic N) is 4. The summed E-state index contributed by atoms with van der Waals surface area (Å²) in [5.41, 5.74) is -1.47. The van der Waals surface area contributed by atoms with E-state index in [1.807, 2.05) is 0 Å². The summed E-state index contributed by atoms with van der Waals surface area (Å²) in [5.74, 6) is -2.29. The maximum absolute atomic E-state index is 12.1. The van der Waals surface area contributed by atoms with Gasteiger partial charge in [-0.15, -0.1) is 0 Å². The third kappa shape index (κ3) is 5.09. The first kappa shape index (κ1) is 27.2. The summed E-state index contributed by atoms with van der Waals surface area (Å²) in [6.07, 6.45) is 2.52. The smallest absolute Gasteiger partial charge is 0.326 e. The van der Waals surface area contributed by atoms with E-state index in [1.54, 1.807) is 0 Å². The Hall–Kier alpha value is -5.40. The second-order valence-corrected chi connectivity index (χ2v) is 8.08. The highest BCUT2D eigenvalue weighted by atomic mass is 16.6. The van der Waals surface area contributed by atoms with Crippen LogP contribution in [0.25, 0.3) is 21.5 Å². The Bertz CT molecular complexity index is 1600. The fourth-order valence-corrected chi connectivity index (χ4v) is 3.72. The molecule has 0 radical (unpaired) electrons. The molecule has 0 aliphatic rings. The molecule has 196 valence electrons. The lowest BCUT2D eigenvalue weighted by atomic mass is 10.1. The highest BCUT2D eigenvalue weighted by Crippen LogP contribution is 2.24.